The monoisotopic (exact) mass is 487 g/mol. The van der Waals surface area contributed by atoms with Crippen LogP contribution in [0.2, 0.25) is 0 Å². The molecule has 0 N–H and O–H groups in total. The average Bonchev–Trinajstić information content (AvgIpc) is 3.39. The molecule has 190 valence electrons. The van der Waals surface area contributed by atoms with Crippen molar-refractivity contribution in [2.45, 2.75) is 44.9 Å². The van der Waals surface area contributed by atoms with Gasteiger partial charge in [-0.15, -0.1) is 0 Å². The number of alkyl halides is 2. The van der Waals surface area contributed by atoms with Gasteiger partial charge in [-0.3, -0.25) is 9.69 Å². The van der Waals surface area contributed by atoms with Gasteiger partial charge < -0.3 is 19.3 Å². The Kier molecular flexibility index (Phi) is 8.93. The summed E-state index contributed by atoms with van der Waals surface area (Å²) in [5.74, 6) is 0.942. The molecule has 0 atom stereocenters. The molecule has 1 amide bonds. The zero-order valence-corrected chi connectivity index (χ0v) is 20.4. The van der Waals surface area contributed by atoms with Crippen molar-refractivity contribution in [1.82, 2.24) is 14.7 Å². The number of ether oxygens (including phenoxy) is 2. The topological polar surface area (TPSA) is 45.2 Å². The lowest BCUT2D eigenvalue weighted by Crippen LogP contribution is -2.49. The molecule has 4 rings (SSSR count). The molecule has 8 heteroatoms. The molecule has 35 heavy (non-hydrogen) atoms. The third-order valence-electron chi connectivity index (χ3n) is 7.01. The van der Waals surface area contributed by atoms with Gasteiger partial charge in [-0.2, -0.15) is 8.78 Å². The second kappa shape index (κ2) is 12.3. The van der Waals surface area contributed by atoms with Gasteiger partial charge in [-0.1, -0.05) is 24.3 Å². The van der Waals surface area contributed by atoms with Crippen LogP contribution in [0.4, 0.5) is 8.78 Å². The molecule has 6 nitrogen and oxygen atoms in total. The smallest absolute Gasteiger partial charge is 0.387 e. The van der Waals surface area contributed by atoms with E-state index in [0.717, 1.165) is 51.1 Å². The molecule has 2 aromatic rings. The predicted octanol–water partition coefficient (Wildman–Crippen LogP) is 4.50. The van der Waals surface area contributed by atoms with E-state index in [1.807, 2.05) is 35.2 Å². The van der Waals surface area contributed by atoms with E-state index in [1.54, 1.807) is 25.3 Å². The summed E-state index contributed by atoms with van der Waals surface area (Å²) in [5.41, 5.74) is 1.40. The summed E-state index contributed by atoms with van der Waals surface area (Å²) in [6, 6.07) is 14.5. The molecular weight excluding hydrogens is 452 g/mol. The minimum atomic E-state index is -2.84. The lowest BCUT2D eigenvalue weighted by molar-refractivity contribution is -0.0508. The first-order valence-electron chi connectivity index (χ1n) is 12.5. The van der Waals surface area contributed by atoms with Crippen LogP contribution in [0.25, 0.3) is 0 Å². The first kappa shape index (κ1) is 25.4. The van der Waals surface area contributed by atoms with Crippen molar-refractivity contribution in [2.75, 3.05) is 46.4 Å². The molecule has 0 spiro atoms. The van der Waals surface area contributed by atoms with Gasteiger partial charge in [0.1, 0.15) is 11.5 Å². The Labute approximate surface area is 206 Å². The fourth-order valence-corrected chi connectivity index (χ4v) is 5.10. The largest absolute Gasteiger partial charge is 0.497 e. The maximum absolute atomic E-state index is 13.6. The number of nitrogens with zero attached hydrogens (tertiary/aromatic N) is 3. The zero-order chi connectivity index (χ0) is 24.6. The molecule has 2 fully saturated rings. The highest BCUT2D eigenvalue weighted by Gasteiger charge is 2.30. The molecule has 0 aromatic heterocycles. The molecule has 2 aliphatic heterocycles. The molecule has 2 aliphatic rings. The van der Waals surface area contributed by atoms with Crippen LogP contribution in [0, 0.1) is 0 Å². The van der Waals surface area contributed by atoms with Crippen molar-refractivity contribution in [3.05, 3.63) is 59.7 Å². The first-order chi connectivity index (χ1) is 17.0. The predicted molar refractivity (Wildman–Crippen MR) is 131 cm³/mol. The minimum Gasteiger partial charge on any atom is -0.497 e. The molecule has 2 saturated heterocycles. The van der Waals surface area contributed by atoms with Gasteiger partial charge in [0.2, 0.25) is 0 Å². The third-order valence-corrected chi connectivity index (χ3v) is 7.01. The quantitative estimate of drug-likeness (QED) is 0.494. The lowest BCUT2D eigenvalue weighted by atomic mass is 10.0. The minimum absolute atomic E-state index is 0.0391. The van der Waals surface area contributed by atoms with Gasteiger partial charge >= 0.3 is 6.61 Å². The number of likely N-dealkylation sites (tertiary alicyclic amines) is 2. The van der Waals surface area contributed by atoms with Crippen molar-refractivity contribution in [3.63, 3.8) is 0 Å². The van der Waals surface area contributed by atoms with Gasteiger partial charge in [0, 0.05) is 49.9 Å². The number of benzene rings is 2. The Morgan fingerprint density at radius 3 is 2.49 bits per heavy atom. The van der Waals surface area contributed by atoms with E-state index in [0.29, 0.717) is 24.4 Å². The average molecular weight is 488 g/mol. The number of para-hydroxylation sites is 1. The first-order valence-corrected chi connectivity index (χ1v) is 12.5. The summed E-state index contributed by atoms with van der Waals surface area (Å²) in [6.45, 7) is 3.07. The van der Waals surface area contributed by atoms with Crippen LogP contribution in [0.15, 0.2) is 48.5 Å². The Morgan fingerprint density at radius 2 is 1.77 bits per heavy atom. The Morgan fingerprint density at radius 1 is 1.03 bits per heavy atom. The van der Waals surface area contributed by atoms with Crippen LogP contribution in [0.1, 0.15) is 41.6 Å². The van der Waals surface area contributed by atoms with Gasteiger partial charge in [0.25, 0.3) is 5.91 Å². The van der Waals surface area contributed by atoms with E-state index < -0.39 is 6.61 Å². The summed E-state index contributed by atoms with van der Waals surface area (Å²) in [7, 11) is 1.61. The van der Waals surface area contributed by atoms with E-state index in [-0.39, 0.29) is 17.7 Å². The zero-order valence-electron chi connectivity index (χ0n) is 20.4. The number of piperidine rings is 1. The summed E-state index contributed by atoms with van der Waals surface area (Å²) >= 11 is 0. The summed E-state index contributed by atoms with van der Waals surface area (Å²) < 4.78 is 35.6. The van der Waals surface area contributed by atoms with Gasteiger partial charge in [-0.25, -0.2) is 0 Å². The molecule has 2 heterocycles. The number of rotatable bonds is 10. The van der Waals surface area contributed by atoms with Crippen LogP contribution >= 0.6 is 0 Å². The highest BCUT2D eigenvalue weighted by Crippen LogP contribution is 2.26. The number of carbonyl (C=O) groups is 1. The summed E-state index contributed by atoms with van der Waals surface area (Å²) in [5, 5.41) is 0. The maximum atomic E-state index is 13.6. The van der Waals surface area contributed by atoms with Gasteiger partial charge in [0.15, 0.2) is 0 Å². The Bertz CT molecular complexity index is 960. The number of hydrogen-bond donors (Lipinski definition) is 0. The molecule has 0 unspecified atom stereocenters. The van der Waals surface area contributed by atoms with Crippen molar-refractivity contribution in [1.29, 1.82) is 0 Å². The highest BCUT2D eigenvalue weighted by atomic mass is 19.3. The Balaban J connectivity index is 1.41. The molecule has 2 aromatic carbocycles. The van der Waals surface area contributed by atoms with Crippen LogP contribution in [0.5, 0.6) is 11.5 Å². The number of halogens is 2. The van der Waals surface area contributed by atoms with Crippen LogP contribution in [-0.2, 0) is 6.54 Å². The molecule has 0 radical (unpaired) electrons. The number of hydrogen-bond acceptors (Lipinski definition) is 5. The van der Waals surface area contributed by atoms with Crippen molar-refractivity contribution in [3.8, 4) is 11.5 Å². The maximum Gasteiger partial charge on any atom is 0.387 e. The van der Waals surface area contributed by atoms with Crippen molar-refractivity contribution >= 4 is 5.91 Å². The van der Waals surface area contributed by atoms with E-state index in [1.165, 1.54) is 12.8 Å². The fraction of sp³-hybridized carbons (Fsp3) is 0.519. The van der Waals surface area contributed by atoms with Crippen LogP contribution in [-0.4, -0.2) is 79.6 Å². The number of carbonyl (C=O) groups excluding carboxylic acids is 1. The van der Waals surface area contributed by atoms with Crippen LogP contribution in [0.3, 0.4) is 0 Å². The van der Waals surface area contributed by atoms with E-state index >= 15 is 0 Å². The van der Waals surface area contributed by atoms with E-state index in [9.17, 15) is 13.6 Å². The molecule has 0 aliphatic carbocycles. The molecule has 0 bridgehead atoms. The standard InChI is InChI=1S/C27H35F2N3O3/c1-34-24-9-6-8-21(19-24)26(33)32(18-17-30-13-4-5-14-30)23-11-15-31(16-12-23)20-22-7-2-3-10-25(22)35-27(28)29/h2-3,6-10,19,23,27H,4-5,11-18,20H2,1H3. The second-order valence-electron chi connectivity index (χ2n) is 9.27. The highest BCUT2D eigenvalue weighted by molar-refractivity contribution is 5.94. The van der Waals surface area contributed by atoms with Crippen molar-refractivity contribution < 1.29 is 23.0 Å². The molecular formula is C27H35F2N3O3. The molecule has 0 saturated carbocycles. The van der Waals surface area contributed by atoms with E-state index in [4.69, 9.17) is 9.47 Å². The fourth-order valence-electron chi connectivity index (χ4n) is 5.10. The number of amides is 1. The normalized spacial score (nSPS) is 17.6. The van der Waals surface area contributed by atoms with Gasteiger partial charge in [-0.05, 0) is 63.0 Å². The van der Waals surface area contributed by atoms with Crippen molar-refractivity contribution in [2.24, 2.45) is 0 Å². The third kappa shape index (κ3) is 6.92. The van der Waals surface area contributed by atoms with Gasteiger partial charge in [0.05, 0.1) is 7.11 Å². The summed E-state index contributed by atoms with van der Waals surface area (Å²) in [4.78, 5) is 20.3. The Hall–Kier alpha value is -2.71. The number of methoxy groups -OCH3 is 1. The lowest BCUT2D eigenvalue weighted by Gasteiger charge is -2.39. The second-order valence-corrected chi connectivity index (χ2v) is 9.27. The summed E-state index contributed by atoms with van der Waals surface area (Å²) in [6.07, 6.45) is 4.12. The van der Waals surface area contributed by atoms with Crippen LogP contribution < -0.4 is 9.47 Å². The SMILES string of the molecule is COc1cccc(C(=O)N(CCN2CCCC2)C2CCN(Cc3ccccc3OC(F)F)CC2)c1. The van der Waals surface area contributed by atoms with E-state index in [2.05, 4.69) is 9.80 Å².